The van der Waals surface area contributed by atoms with Gasteiger partial charge in [-0.15, -0.1) is 0 Å². The minimum Gasteiger partial charge on any atom is -0.271 e. The van der Waals surface area contributed by atoms with Crippen LogP contribution in [0.4, 0.5) is 0 Å². The van der Waals surface area contributed by atoms with Crippen LogP contribution in [-0.4, -0.2) is 24.5 Å². The lowest BCUT2D eigenvalue weighted by molar-refractivity contribution is 0.474. The molecule has 7 heteroatoms. The molecule has 2 aromatic heterocycles. The lowest BCUT2D eigenvalue weighted by Crippen LogP contribution is -2.32. The molecule has 18 heavy (non-hydrogen) atoms. The van der Waals surface area contributed by atoms with Gasteiger partial charge < -0.3 is 0 Å². The summed E-state index contributed by atoms with van der Waals surface area (Å²) in [6.07, 6.45) is 2.23. The zero-order valence-corrected chi connectivity index (χ0v) is 11.0. The van der Waals surface area contributed by atoms with Crippen molar-refractivity contribution in [2.24, 2.45) is 12.9 Å². The fourth-order valence-corrected chi connectivity index (χ4v) is 2.04. The van der Waals surface area contributed by atoms with Crippen LogP contribution in [0.25, 0.3) is 0 Å². The van der Waals surface area contributed by atoms with Gasteiger partial charge in [0.2, 0.25) is 0 Å². The van der Waals surface area contributed by atoms with E-state index < -0.39 is 0 Å². The Morgan fingerprint density at radius 3 is 2.83 bits per heavy atom. The second-order valence-electron chi connectivity index (χ2n) is 4.25. The van der Waals surface area contributed by atoms with E-state index in [2.05, 4.69) is 27.5 Å². The van der Waals surface area contributed by atoms with Crippen LogP contribution in [0, 0.1) is 6.92 Å². The van der Waals surface area contributed by atoms with Crippen molar-refractivity contribution in [3.63, 3.8) is 0 Å². The normalized spacial score (nSPS) is 12.9. The molecule has 2 rings (SSSR count). The summed E-state index contributed by atoms with van der Waals surface area (Å²) in [7, 11) is 1.87. The van der Waals surface area contributed by atoms with Gasteiger partial charge >= 0.3 is 0 Å². The molecule has 0 fully saturated rings. The van der Waals surface area contributed by atoms with E-state index in [1.807, 2.05) is 24.7 Å². The van der Waals surface area contributed by atoms with Gasteiger partial charge in [-0.05, 0) is 19.9 Å². The number of nitrogens with one attached hydrogen (secondary N) is 1. The molecule has 0 aliphatic rings. The molecule has 0 aliphatic carbocycles. The van der Waals surface area contributed by atoms with E-state index in [-0.39, 0.29) is 6.04 Å². The predicted molar refractivity (Wildman–Crippen MR) is 67.4 cm³/mol. The minimum absolute atomic E-state index is 0.0194. The Hall–Kier alpha value is -1.73. The third-order valence-corrected chi connectivity index (χ3v) is 2.98. The maximum absolute atomic E-state index is 5.66. The molecule has 0 radical (unpaired) electrons. The highest BCUT2D eigenvalue weighted by atomic mass is 15.3. The van der Waals surface area contributed by atoms with Gasteiger partial charge in [0.05, 0.1) is 17.4 Å². The standard InChI is InChI=1S/C11H19N7/c1-4-18-10(5-8(2)16-18)9(15-12)6-11-13-7-14-17(11)3/h5,7,9,15H,4,6,12H2,1-3H3. The lowest BCUT2D eigenvalue weighted by Gasteiger charge is -2.16. The van der Waals surface area contributed by atoms with Crippen LogP contribution in [0.1, 0.15) is 30.2 Å². The number of aryl methyl sites for hydroxylation is 3. The van der Waals surface area contributed by atoms with Crippen LogP contribution < -0.4 is 11.3 Å². The first-order chi connectivity index (χ1) is 8.65. The molecular weight excluding hydrogens is 230 g/mol. The fraction of sp³-hybridized carbons (Fsp3) is 0.545. The number of hydrogen-bond acceptors (Lipinski definition) is 5. The van der Waals surface area contributed by atoms with Gasteiger partial charge in [0, 0.05) is 20.0 Å². The average molecular weight is 249 g/mol. The van der Waals surface area contributed by atoms with E-state index in [1.54, 1.807) is 11.0 Å². The first-order valence-electron chi connectivity index (χ1n) is 5.99. The lowest BCUT2D eigenvalue weighted by atomic mass is 10.1. The number of hydrazine groups is 1. The van der Waals surface area contributed by atoms with Crippen molar-refractivity contribution < 1.29 is 0 Å². The van der Waals surface area contributed by atoms with Crippen LogP contribution in [0.3, 0.4) is 0 Å². The van der Waals surface area contributed by atoms with Crippen molar-refractivity contribution in [1.29, 1.82) is 0 Å². The van der Waals surface area contributed by atoms with Crippen molar-refractivity contribution >= 4 is 0 Å². The van der Waals surface area contributed by atoms with Gasteiger partial charge in [0.15, 0.2) is 0 Å². The highest BCUT2D eigenvalue weighted by molar-refractivity contribution is 5.14. The number of nitrogens with two attached hydrogens (primary N) is 1. The van der Waals surface area contributed by atoms with Gasteiger partial charge in [0.1, 0.15) is 12.2 Å². The summed E-state index contributed by atoms with van der Waals surface area (Å²) in [4.78, 5) is 4.22. The quantitative estimate of drug-likeness (QED) is 0.579. The second-order valence-corrected chi connectivity index (χ2v) is 4.25. The Morgan fingerprint density at radius 2 is 2.28 bits per heavy atom. The summed E-state index contributed by atoms with van der Waals surface area (Å²) in [5.41, 5.74) is 4.89. The summed E-state index contributed by atoms with van der Waals surface area (Å²) in [5.74, 6) is 6.54. The average Bonchev–Trinajstić information content (AvgIpc) is 2.92. The topological polar surface area (TPSA) is 86.6 Å². The molecule has 0 spiro atoms. The smallest absolute Gasteiger partial charge is 0.138 e. The molecule has 1 atom stereocenters. The zero-order chi connectivity index (χ0) is 13.1. The van der Waals surface area contributed by atoms with E-state index in [9.17, 15) is 0 Å². The van der Waals surface area contributed by atoms with Gasteiger partial charge in [-0.25, -0.2) is 4.98 Å². The van der Waals surface area contributed by atoms with Crippen molar-refractivity contribution in [3.05, 3.63) is 29.6 Å². The summed E-state index contributed by atoms with van der Waals surface area (Å²) in [6.45, 7) is 4.86. The molecule has 0 saturated carbocycles. The van der Waals surface area contributed by atoms with Gasteiger partial charge in [-0.2, -0.15) is 10.2 Å². The first-order valence-corrected chi connectivity index (χ1v) is 5.99. The molecular formula is C11H19N7. The van der Waals surface area contributed by atoms with Crippen molar-refractivity contribution in [2.75, 3.05) is 0 Å². The molecule has 1 unspecified atom stereocenters. The Kier molecular flexibility index (Phi) is 3.73. The highest BCUT2D eigenvalue weighted by Gasteiger charge is 2.18. The van der Waals surface area contributed by atoms with E-state index in [4.69, 9.17) is 5.84 Å². The van der Waals surface area contributed by atoms with E-state index in [0.717, 1.165) is 23.8 Å². The maximum Gasteiger partial charge on any atom is 0.138 e. The fourth-order valence-electron chi connectivity index (χ4n) is 2.04. The molecule has 0 aliphatic heterocycles. The van der Waals surface area contributed by atoms with Crippen molar-refractivity contribution in [2.45, 2.75) is 32.9 Å². The first kappa shape index (κ1) is 12.7. The summed E-state index contributed by atoms with van der Waals surface area (Å²) in [6, 6.07) is 2.03. The van der Waals surface area contributed by atoms with E-state index in [0.29, 0.717) is 6.42 Å². The largest absolute Gasteiger partial charge is 0.271 e. The molecule has 2 aromatic rings. The number of hydrogen-bond donors (Lipinski definition) is 2. The molecule has 0 saturated heterocycles. The Morgan fingerprint density at radius 1 is 1.50 bits per heavy atom. The molecule has 3 N–H and O–H groups in total. The number of aromatic nitrogens is 5. The number of nitrogens with zero attached hydrogens (tertiary/aromatic N) is 5. The molecule has 2 heterocycles. The maximum atomic E-state index is 5.66. The Labute approximate surface area is 106 Å². The summed E-state index contributed by atoms with van der Waals surface area (Å²) < 4.78 is 3.71. The molecule has 0 amide bonds. The van der Waals surface area contributed by atoms with Gasteiger partial charge in [-0.1, -0.05) is 0 Å². The number of rotatable bonds is 5. The predicted octanol–water partition coefficient (Wildman–Crippen LogP) is 0.0870. The SMILES string of the molecule is CCn1nc(C)cc1C(Cc1ncnn1C)NN. The van der Waals surface area contributed by atoms with Crippen LogP contribution in [-0.2, 0) is 20.0 Å². The molecule has 98 valence electrons. The highest BCUT2D eigenvalue weighted by Crippen LogP contribution is 2.17. The molecule has 0 bridgehead atoms. The van der Waals surface area contributed by atoms with Gasteiger partial charge in [0.25, 0.3) is 0 Å². The van der Waals surface area contributed by atoms with Crippen LogP contribution in [0.15, 0.2) is 12.4 Å². The molecule has 0 aromatic carbocycles. The molecule has 7 nitrogen and oxygen atoms in total. The monoisotopic (exact) mass is 249 g/mol. The van der Waals surface area contributed by atoms with Gasteiger partial charge in [-0.3, -0.25) is 20.6 Å². The minimum atomic E-state index is -0.0194. The Balaban J connectivity index is 2.25. The van der Waals surface area contributed by atoms with E-state index in [1.165, 1.54) is 0 Å². The second kappa shape index (κ2) is 5.28. The van der Waals surface area contributed by atoms with Crippen LogP contribution in [0.2, 0.25) is 0 Å². The Bertz CT molecular complexity index is 513. The van der Waals surface area contributed by atoms with E-state index >= 15 is 0 Å². The van der Waals surface area contributed by atoms with Crippen molar-refractivity contribution in [1.82, 2.24) is 30.0 Å². The zero-order valence-electron chi connectivity index (χ0n) is 11.0. The van der Waals surface area contributed by atoms with Crippen molar-refractivity contribution in [3.8, 4) is 0 Å². The third kappa shape index (κ3) is 2.41. The summed E-state index contributed by atoms with van der Waals surface area (Å²) >= 11 is 0. The summed E-state index contributed by atoms with van der Waals surface area (Å²) in [5, 5.41) is 8.49. The van der Waals surface area contributed by atoms with Crippen LogP contribution in [0.5, 0.6) is 0 Å². The van der Waals surface area contributed by atoms with Crippen LogP contribution >= 0.6 is 0 Å². The third-order valence-electron chi connectivity index (χ3n) is 2.98.